The van der Waals surface area contributed by atoms with Gasteiger partial charge in [-0.2, -0.15) is 5.26 Å². The van der Waals surface area contributed by atoms with E-state index in [9.17, 15) is 9.59 Å². The molecule has 1 aliphatic rings. The summed E-state index contributed by atoms with van der Waals surface area (Å²) in [6.45, 7) is 4.42. The predicted octanol–water partition coefficient (Wildman–Crippen LogP) is 2.25. The number of thioether (sulfide) groups is 1. The second-order valence-corrected chi connectivity index (χ2v) is 7.71. The Balaban J connectivity index is 1.88. The smallest absolute Gasteiger partial charge is 0.263 e. The maximum Gasteiger partial charge on any atom is 0.263 e. The number of hydrogen-bond acceptors (Lipinski definition) is 6. The van der Waals surface area contributed by atoms with Crippen molar-refractivity contribution in [1.82, 2.24) is 14.9 Å². The third kappa shape index (κ3) is 3.62. The van der Waals surface area contributed by atoms with Gasteiger partial charge in [0, 0.05) is 18.0 Å². The molecule has 0 bridgehead atoms. The highest BCUT2D eigenvalue weighted by atomic mass is 32.2. The van der Waals surface area contributed by atoms with E-state index in [2.05, 4.69) is 16.9 Å². The van der Waals surface area contributed by atoms with Crippen molar-refractivity contribution in [1.29, 1.82) is 5.26 Å². The van der Waals surface area contributed by atoms with E-state index in [4.69, 9.17) is 5.26 Å². The van der Waals surface area contributed by atoms with Crippen LogP contribution in [0.15, 0.2) is 22.6 Å². The number of allylic oxidation sites excluding steroid dienone is 1. The summed E-state index contributed by atoms with van der Waals surface area (Å²) >= 11 is 2.83. The summed E-state index contributed by atoms with van der Waals surface area (Å²) in [5.41, 5.74) is 1.11. The average molecular weight is 374 g/mol. The monoisotopic (exact) mass is 374 g/mol. The first kappa shape index (κ1) is 17.7. The molecule has 0 saturated heterocycles. The van der Waals surface area contributed by atoms with Gasteiger partial charge in [-0.15, -0.1) is 17.9 Å². The van der Waals surface area contributed by atoms with Crippen molar-refractivity contribution in [3.63, 3.8) is 0 Å². The molecule has 0 fully saturated rings. The zero-order valence-corrected chi connectivity index (χ0v) is 15.3. The average Bonchev–Trinajstić information content (AvgIpc) is 3.16. The number of rotatable bonds is 7. The van der Waals surface area contributed by atoms with Crippen molar-refractivity contribution in [3.8, 4) is 6.07 Å². The lowest BCUT2D eigenvalue weighted by Crippen LogP contribution is -2.27. The fraction of sp³-hybridized carbons (Fsp3) is 0.412. The van der Waals surface area contributed by atoms with Crippen molar-refractivity contribution < 1.29 is 4.79 Å². The van der Waals surface area contributed by atoms with Crippen molar-refractivity contribution in [2.24, 2.45) is 0 Å². The summed E-state index contributed by atoms with van der Waals surface area (Å²) in [6.07, 6.45) is 4.99. The molecule has 0 atom stereocenters. The van der Waals surface area contributed by atoms with E-state index >= 15 is 0 Å². The Labute approximate surface area is 153 Å². The van der Waals surface area contributed by atoms with Crippen LogP contribution >= 0.6 is 23.1 Å². The van der Waals surface area contributed by atoms with Crippen molar-refractivity contribution in [3.05, 3.63) is 33.4 Å². The maximum atomic E-state index is 12.9. The van der Waals surface area contributed by atoms with Gasteiger partial charge in [-0.1, -0.05) is 17.8 Å². The number of amides is 1. The second kappa shape index (κ2) is 7.85. The fourth-order valence-electron chi connectivity index (χ4n) is 2.90. The van der Waals surface area contributed by atoms with Gasteiger partial charge in [0.25, 0.3) is 5.56 Å². The van der Waals surface area contributed by atoms with Gasteiger partial charge in [0.1, 0.15) is 4.83 Å². The number of nitriles is 1. The van der Waals surface area contributed by atoms with Crippen molar-refractivity contribution in [2.75, 3.05) is 12.3 Å². The summed E-state index contributed by atoms with van der Waals surface area (Å²) < 4.78 is 1.59. The predicted molar refractivity (Wildman–Crippen MR) is 100 cm³/mol. The number of nitrogens with one attached hydrogen (secondary N) is 1. The van der Waals surface area contributed by atoms with E-state index in [0.29, 0.717) is 18.2 Å². The van der Waals surface area contributed by atoms with E-state index in [1.165, 1.54) is 16.6 Å². The number of fused-ring (bicyclic) bond motifs is 3. The van der Waals surface area contributed by atoms with Crippen LogP contribution in [0.5, 0.6) is 0 Å². The molecular weight excluding hydrogens is 356 g/mol. The first-order valence-corrected chi connectivity index (χ1v) is 9.88. The fourth-order valence-corrected chi connectivity index (χ4v) is 5.04. The summed E-state index contributed by atoms with van der Waals surface area (Å²) in [7, 11) is 0. The molecule has 25 heavy (non-hydrogen) atoms. The standard InChI is InChI=1S/C17H18N4O2S2/c1-2-9-21-16(23)14-11-5-3-6-12(11)25-15(14)20-17(21)24-10-13(22)19-8-4-7-18/h2H,1,3-6,8-10H2,(H,19,22). The molecule has 130 valence electrons. The van der Waals surface area contributed by atoms with Crippen molar-refractivity contribution in [2.45, 2.75) is 37.4 Å². The van der Waals surface area contributed by atoms with Gasteiger partial charge < -0.3 is 5.32 Å². The van der Waals surface area contributed by atoms with Gasteiger partial charge in [-0.3, -0.25) is 14.2 Å². The molecule has 0 saturated carbocycles. The minimum absolute atomic E-state index is 0.0447. The molecule has 0 radical (unpaired) electrons. The van der Waals surface area contributed by atoms with Crippen LogP contribution < -0.4 is 10.9 Å². The van der Waals surface area contributed by atoms with Crippen LogP contribution in [0, 0.1) is 11.3 Å². The molecule has 6 nitrogen and oxygen atoms in total. The number of aryl methyl sites for hydroxylation is 2. The summed E-state index contributed by atoms with van der Waals surface area (Å²) in [5, 5.41) is 12.4. The SMILES string of the molecule is C=CCn1c(SCC(=O)NCCC#N)nc2sc3c(c2c1=O)CCC3. The zero-order chi connectivity index (χ0) is 17.8. The molecule has 1 amide bonds. The van der Waals surface area contributed by atoms with E-state index in [-0.39, 0.29) is 23.6 Å². The largest absolute Gasteiger partial charge is 0.354 e. The molecule has 0 unspecified atom stereocenters. The van der Waals surface area contributed by atoms with Gasteiger partial charge in [0.05, 0.1) is 23.6 Å². The first-order chi connectivity index (χ1) is 12.2. The molecule has 1 N–H and O–H groups in total. The second-order valence-electron chi connectivity index (χ2n) is 5.68. The van der Waals surface area contributed by atoms with Gasteiger partial charge in [-0.25, -0.2) is 4.98 Å². The summed E-state index contributed by atoms with van der Waals surface area (Å²) in [5.74, 6) is -0.0144. The normalized spacial score (nSPS) is 12.8. The Morgan fingerprint density at radius 2 is 2.36 bits per heavy atom. The number of aromatic nitrogens is 2. The third-order valence-corrected chi connectivity index (χ3v) is 6.15. The van der Waals surface area contributed by atoms with Gasteiger partial charge in [0.2, 0.25) is 5.91 Å². The van der Waals surface area contributed by atoms with E-state index in [1.54, 1.807) is 22.0 Å². The van der Waals surface area contributed by atoms with Crippen LogP contribution in [0.3, 0.4) is 0 Å². The van der Waals surface area contributed by atoms with E-state index in [0.717, 1.165) is 35.0 Å². The van der Waals surface area contributed by atoms with Crippen LogP contribution in [0.4, 0.5) is 0 Å². The molecule has 0 aromatic carbocycles. The Morgan fingerprint density at radius 1 is 1.52 bits per heavy atom. The lowest BCUT2D eigenvalue weighted by Gasteiger charge is -2.10. The van der Waals surface area contributed by atoms with Crippen LogP contribution in [-0.4, -0.2) is 27.8 Å². The molecule has 0 spiro atoms. The molecule has 2 aromatic heterocycles. The van der Waals surface area contributed by atoms with Crippen molar-refractivity contribution >= 4 is 39.2 Å². The molecule has 3 rings (SSSR count). The minimum Gasteiger partial charge on any atom is -0.354 e. The number of carbonyl (C=O) groups is 1. The van der Waals surface area contributed by atoms with Crippen LogP contribution in [-0.2, 0) is 24.2 Å². The number of carbonyl (C=O) groups excluding carboxylic acids is 1. The molecule has 1 aliphatic carbocycles. The van der Waals surface area contributed by atoms with E-state index in [1.807, 2.05) is 6.07 Å². The maximum absolute atomic E-state index is 12.9. The van der Waals surface area contributed by atoms with Crippen LogP contribution in [0.2, 0.25) is 0 Å². The Kier molecular flexibility index (Phi) is 5.56. The van der Waals surface area contributed by atoms with Crippen LogP contribution in [0.1, 0.15) is 23.3 Å². The molecule has 2 heterocycles. The highest BCUT2D eigenvalue weighted by Crippen LogP contribution is 2.35. The van der Waals surface area contributed by atoms with Gasteiger partial charge in [-0.05, 0) is 24.8 Å². The lowest BCUT2D eigenvalue weighted by molar-refractivity contribution is -0.118. The summed E-state index contributed by atoms with van der Waals surface area (Å²) in [4.78, 5) is 31.5. The Morgan fingerprint density at radius 3 is 3.12 bits per heavy atom. The lowest BCUT2D eigenvalue weighted by atomic mass is 10.2. The van der Waals surface area contributed by atoms with E-state index < -0.39 is 0 Å². The number of thiophene rings is 1. The van der Waals surface area contributed by atoms with Gasteiger partial charge >= 0.3 is 0 Å². The molecule has 0 aliphatic heterocycles. The topological polar surface area (TPSA) is 87.8 Å². The zero-order valence-electron chi connectivity index (χ0n) is 13.7. The number of nitrogens with zero attached hydrogens (tertiary/aromatic N) is 3. The summed E-state index contributed by atoms with van der Waals surface area (Å²) in [6, 6.07) is 1.98. The highest BCUT2D eigenvalue weighted by Gasteiger charge is 2.23. The first-order valence-electron chi connectivity index (χ1n) is 8.08. The minimum atomic E-state index is -0.173. The molecule has 8 heteroatoms. The Bertz CT molecular complexity index is 923. The third-order valence-electron chi connectivity index (χ3n) is 3.99. The quantitative estimate of drug-likeness (QED) is 0.348. The number of hydrogen-bond donors (Lipinski definition) is 1. The van der Waals surface area contributed by atoms with Gasteiger partial charge in [0.15, 0.2) is 5.16 Å². The van der Waals surface area contributed by atoms with Crippen LogP contribution in [0.25, 0.3) is 10.2 Å². The highest BCUT2D eigenvalue weighted by molar-refractivity contribution is 7.99. The molecular formula is C17H18N4O2S2. The Hall–Kier alpha value is -2.11. The molecule has 2 aromatic rings.